The molecule has 4 nitrogen and oxygen atoms in total. The van der Waals surface area contributed by atoms with E-state index >= 15 is 0 Å². The molecule has 0 saturated heterocycles. The first-order valence-electron chi connectivity index (χ1n) is 17.5. The maximum Gasteiger partial charge on any atom is 0.252 e. The summed E-state index contributed by atoms with van der Waals surface area (Å²) in [6, 6.07) is 58.8. The lowest BCUT2D eigenvalue weighted by Crippen LogP contribution is -2.61. The van der Waals surface area contributed by atoms with Crippen LogP contribution in [-0.2, 0) is 0 Å². The minimum atomic E-state index is 0.0656. The average Bonchev–Trinajstić information content (AvgIpc) is 3.76. The van der Waals surface area contributed by atoms with Crippen LogP contribution in [0.15, 0.2) is 173 Å². The Morgan fingerprint density at radius 1 is 0.373 bits per heavy atom. The third kappa shape index (κ3) is 3.59. The molecule has 0 radical (unpaired) electrons. The van der Waals surface area contributed by atoms with Crippen LogP contribution in [0.3, 0.4) is 0 Å². The quantitative estimate of drug-likeness (QED) is 0.174. The van der Waals surface area contributed by atoms with E-state index in [2.05, 4.69) is 168 Å². The Labute approximate surface area is 293 Å². The molecule has 0 spiro atoms. The zero-order valence-corrected chi connectivity index (χ0v) is 27.4. The molecule has 8 aromatic carbocycles. The highest BCUT2D eigenvalue weighted by atomic mass is 16.3. The van der Waals surface area contributed by atoms with E-state index in [0.717, 1.165) is 66.3 Å². The molecule has 5 heteroatoms. The monoisotopic (exact) mass is 650 g/mol. The van der Waals surface area contributed by atoms with Crippen LogP contribution in [0.5, 0.6) is 0 Å². The van der Waals surface area contributed by atoms with E-state index in [0.29, 0.717) is 0 Å². The fraction of sp³-hybridized carbons (Fsp3) is 0. The van der Waals surface area contributed by atoms with Crippen molar-refractivity contribution in [3.8, 4) is 0 Å². The summed E-state index contributed by atoms with van der Waals surface area (Å²) in [6.45, 7) is 0.0656. The van der Waals surface area contributed by atoms with Crippen molar-refractivity contribution in [1.82, 2.24) is 0 Å². The van der Waals surface area contributed by atoms with E-state index in [1.165, 1.54) is 38.8 Å². The van der Waals surface area contributed by atoms with Gasteiger partial charge in [-0.15, -0.1) is 0 Å². The number of anilines is 6. The van der Waals surface area contributed by atoms with Crippen molar-refractivity contribution in [3.05, 3.63) is 164 Å². The lowest BCUT2D eigenvalue weighted by atomic mass is 9.33. The molecule has 10 aromatic rings. The van der Waals surface area contributed by atoms with Gasteiger partial charge in [0, 0.05) is 55.4 Å². The van der Waals surface area contributed by atoms with Crippen LogP contribution >= 0.6 is 0 Å². The molecule has 0 atom stereocenters. The lowest BCUT2D eigenvalue weighted by molar-refractivity contribution is 0.669. The van der Waals surface area contributed by atoms with Gasteiger partial charge in [0.2, 0.25) is 0 Å². The van der Waals surface area contributed by atoms with Crippen molar-refractivity contribution in [1.29, 1.82) is 0 Å². The minimum Gasteiger partial charge on any atom is -0.455 e. The van der Waals surface area contributed by atoms with E-state index in [1.807, 2.05) is 6.07 Å². The van der Waals surface area contributed by atoms with Gasteiger partial charge in [-0.3, -0.25) is 0 Å². The van der Waals surface area contributed by atoms with E-state index < -0.39 is 0 Å². The van der Waals surface area contributed by atoms with Gasteiger partial charge in [-0.2, -0.15) is 0 Å². The van der Waals surface area contributed by atoms with Crippen LogP contribution in [0.2, 0.25) is 0 Å². The van der Waals surface area contributed by atoms with E-state index in [9.17, 15) is 0 Å². The predicted octanol–water partition coefficient (Wildman–Crippen LogP) is 10.7. The van der Waals surface area contributed by atoms with Crippen LogP contribution in [0, 0.1) is 0 Å². The van der Waals surface area contributed by atoms with Gasteiger partial charge in [0.1, 0.15) is 16.7 Å². The van der Waals surface area contributed by atoms with E-state index in [4.69, 9.17) is 8.83 Å². The summed E-state index contributed by atoms with van der Waals surface area (Å²) in [5.74, 6) is 0. The van der Waals surface area contributed by atoms with Crippen molar-refractivity contribution in [2.24, 2.45) is 0 Å². The van der Waals surface area contributed by atoms with Gasteiger partial charge in [0.25, 0.3) is 6.71 Å². The minimum absolute atomic E-state index is 0.0656. The van der Waals surface area contributed by atoms with Crippen molar-refractivity contribution < 1.29 is 8.83 Å². The summed E-state index contributed by atoms with van der Waals surface area (Å²) in [5, 5.41) is 6.80. The Kier molecular flexibility index (Phi) is 5.29. The number of hydrogen-bond acceptors (Lipinski definition) is 4. The van der Waals surface area contributed by atoms with Crippen molar-refractivity contribution in [2.75, 3.05) is 9.80 Å². The van der Waals surface area contributed by atoms with Crippen molar-refractivity contribution in [2.45, 2.75) is 0 Å². The van der Waals surface area contributed by atoms with Gasteiger partial charge in [0.15, 0.2) is 5.58 Å². The lowest BCUT2D eigenvalue weighted by Gasteiger charge is -2.43. The Morgan fingerprint density at radius 3 is 1.82 bits per heavy atom. The summed E-state index contributed by atoms with van der Waals surface area (Å²) in [5.41, 5.74) is 14.3. The molecule has 0 bridgehead atoms. The molecule has 2 aliphatic rings. The Bertz CT molecular complexity index is 3080. The Hall–Kier alpha value is -6.72. The molecule has 0 fully saturated rings. The first-order chi connectivity index (χ1) is 25.3. The number of nitrogens with zero attached hydrogens (tertiary/aromatic N) is 2. The smallest absolute Gasteiger partial charge is 0.252 e. The number of furan rings is 2. The molecule has 0 amide bonds. The van der Waals surface area contributed by atoms with E-state index in [-0.39, 0.29) is 6.71 Å². The standard InChI is InChI=1S/C46H27BN2O2/c1-2-12-30-28(11-1)23-25-33-34-27-29(24-26-43(34)50-45(30)33)48-37-17-6-4-15-35(37)47-36-16-5-7-18-38(36)49(40-20-10-19-39(48)44(40)47)41-21-9-14-32-31-13-3-8-22-42(31)51-46(32)41/h1-27H. The Balaban J connectivity index is 1.13. The molecule has 236 valence electrons. The highest BCUT2D eigenvalue weighted by molar-refractivity contribution is 7.00. The number of fused-ring (bicyclic) bond motifs is 12. The highest BCUT2D eigenvalue weighted by Crippen LogP contribution is 2.47. The molecule has 0 unspecified atom stereocenters. The average molecular weight is 651 g/mol. The third-order valence-corrected chi connectivity index (χ3v) is 11.0. The SMILES string of the molecule is c1ccc2c(c1)B1c3ccccc3N(c3cccc4c3oc3ccccc34)c3cccc(c31)N2c1ccc2oc3c4ccccc4ccc3c2c1. The molecule has 0 saturated carbocycles. The maximum absolute atomic E-state index is 6.65. The van der Waals surface area contributed by atoms with Gasteiger partial charge in [-0.05, 0) is 82.4 Å². The van der Waals surface area contributed by atoms with Crippen LogP contribution in [0.25, 0.3) is 54.6 Å². The number of rotatable bonds is 2. The zero-order valence-electron chi connectivity index (χ0n) is 27.4. The van der Waals surface area contributed by atoms with Crippen LogP contribution in [0.1, 0.15) is 0 Å². The molecule has 2 aromatic heterocycles. The van der Waals surface area contributed by atoms with Gasteiger partial charge >= 0.3 is 0 Å². The second-order valence-electron chi connectivity index (χ2n) is 13.6. The van der Waals surface area contributed by atoms with Crippen LogP contribution in [0.4, 0.5) is 34.1 Å². The molecular formula is C46H27BN2O2. The number of para-hydroxylation sites is 4. The summed E-state index contributed by atoms with van der Waals surface area (Å²) >= 11 is 0. The number of hydrogen-bond donors (Lipinski definition) is 0. The molecule has 51 heavy (non-hydrogen) atoms. The topological polar surface area (TPSA) is 32.8 Å². The van der Waals surface area contributed by atoms with Gasteiger partial charge in [-0.25, -0.2) is 0 Å². The fourth-order valence-electron chi connectivity index (χ4n) is 8.91. The van der Waals surface area contributed by atoms with Crippen molar-refractivity contribution >= 4 is 112 Å². The van der Waals surface area contributed by atoms with Gasteiger partial charge in [-0.1, -0.05) is 103 Å². The third-order valence-electron chi connectivity index (χ3n) is 11.0. The first-order valence-corrected chi connectivity index (χ1v) is 17.5. The molecule has 0 aliphatic carbocycles. The van der Waals surface area contributed by atoms with Gasteiger partial charge < -0.3 is 18.6 Å². The second-order valence-corrected chi connectivity index (χ2v) is 13.6. The summed E-state index contributed by atoms with van der Waals surface area (Å²) in [7, 11) is 0. The maximum atomic E-state index is 6.65. The first kappa shape index (κ1) is 27.1. The predicted molar refractivity (Wildman–Crippen MR) is 213 cm³/mol. The second kappa shape index (κ2) is 9.93. The zero-order chi connectivity index (χ0) is 33.2. The molecule has 4 heterocycles. The summed E-state index contributed by atoms with van der Waals surface area (Å²) in [4.78, 5) is 4.86. The fourth-order valence-corrected chi connectivity index (χ4v) is 8.91. The summed E-state index contributed by atoms with van der Waals surface area (Å²) < 4.78 is 13.2. The highest BCUT2D eigenvalue weighted by Gasteiger charge is 2.43. The largest absolute Gasteiger partial charge is 0.455 e. The van der Waals surface area contributed by atoms with E-state index in [1.54, 1.807) is 0 Å². The molecular weight excluding hydrogens is 623 g/mol. The number of benzene rings is 8. The van der Waals surface area contributed by atoms with Crippen LogP contribution in [-0.4, -0.2) is 6.71 Å². The molecule has 0 N–H and O–H groups in total. The summed E-state index contributed by atoms with van der Waals surface area (Å²) in [6.07, 6.45) is 0. The Morgan fingerprint density at radius 2 is 0.961 bits per heavy atom. The van der Waals surface area contributed by atoms with Crippen molar-refractivity contribution in [3.63, 3.8) is 0 Å². The normalized spacial score (nSPS) is 13.4. The van der Waals surface area contributed by atoms with Gasteiger partial charge in [0.05, 0.1) is 5.69 Å². The molecule has 2 aliphatic heterocycles. The van der Waals surface area contributed by atoms with Crippen LogP contribution < -0.4 is 26.2 Å². The molecule has 12 rings (SSSR count).